The first-order valence-electron chi connectivity index (χ1n) is 3.03. The van der Waals surface area contributed by atoms with Gasteiger partial charge in [-0.1, -0.05) is 5.11 Å². The maximum Gasteiger partial charge on any atom is 0.0911 e. The molecule has 0 bridgehead atoms. The van der Waals surface area contributed by atoms with Crippen LogP contribution < -0.4 is 0 Å². The van der Waals surface area contributed by atoms with Crippen LogP contribution in [0.5, 0.6) is 0 Å². The molecule has 0 aromatic rings. The molecule has 5 heteroatoms. The lowest BCUT2D eigenvalue weighted by atomic mass is 10.2. The Morgan fingerprint density at radius 3 is 3.10 bits per heavy atom. The Morgan fingerprint density at radius 1 is 1.70 bits per heavy atom. The summed E-state index contributed by atoms with van der Waals surface area (Å²) in [5, 5.41) is 3.51. The predicted octanol–water partition coefficient (Wildman–Crippen LogP) is 0.710. The number of ether oxygens (including phenoxy) is 2. The Bertz CT molecular complexity index is 155. The van der Waals surface area contributed by atoms with Crippen LogP contribution in [0.2, 0.25) is 0 Å². The fourth-order valence-electron chi connectivity index (χ4n) is 0.922. The molecule has 1 aliphatic heterocycles. The van der Waals surface area contributed by atoms with Crippen molar-refractivity contribution >= 4 is 0 Å². The van der Waals surface area contributed by atoms with E-state index >= 15 is 0 Å². The van der Waals surface area contributed by atoms with Gasteiger partial charge in [0, 0.05) is 12.0 Å². The molecule has 1 heterocycles. The van der Waals surface area contributed by atoms with Crippen LogP contribution >= 0.6 is 0 Å². The van der Waals surface area contributed by atoms with Gasteiger partial charge in [0.1, 0.15) is 0 Å². The van der Waals surface area contributed by atoms with Crippen LogP contribution in [0.3, 0.4) is 0 Å². The largest absolute Gasteiger partial charge is 0.379 e. The monoisotopic (exact) mass is 143 g/mol. The van der Waals surface area contributed by atoms with E-state index < -0.39 is 0 Å². The topological polar surface area (TPSA) is 67.2 Å². The Balaban J connectivity index is 2.49. The van der Waals surface area contributed by atoms with Crippen LogP contribution in [-0.4, -0.2) is 32.5 Å². The van der Waals surface area contributed by atoms with Gasteiger partial charge >= 0.3 is 0 Å². The molecule has 2 atom stereocenters. The van der Waals surface area contributed by atoms with Gasteiger partial charge < -0.3 is 9.47 Å². The van der Waals surface area contributed by atoms with E-state index in [0.29, 0.717) is 13.2 Å². The van der Waals surface area contributed by atoms with Crippen molar-refractivity contribution < 1.29 is 9.47 Å². The molecule has 1 aliphatic rings. The summed E-state index contributed by atoms with van der Waals surface area (Å²) in [6.07, 6.45) is -0.0594. The molecule has 0 saturated carbocycles. The molecule has 0 spiro atoms. The molecule has 1 rings (SSSR count). The number of hydrogen-bond donors (Lipinski definition) is 0. The van der Waals surface area contributed by atoms with E-state index in [1.807, 2.05) is 0 Å². The van der Waals surface area contributed by atoms with Crippen molar-refractivity contribution in [1.29, 1.82) is 0 Å². The number of nitrogens with zero attached hydrogens (tertiary/aromatic N) is 3. The van der Waals surface area contributed by atoms with Gasteiger partial charge in [-0.15, -0.1) is 0 Å². The van der Waals surface area contributed by atoms with Crippen molar-refractivity contribution in [3.8, 4) is 0 Å². The minimum atomic E-state index is -0.144. The Labute approximate surface area is 58.6 Å². The van der Waals surface area contributed by atoms with E-state index in [1.54, 1.807) is 7.11 Å². The first kappa shape index (κ1) is 7.34. The summed E-state index contributed by atoms with van der Waals surface area (Å²) in [5.41, 5.74) is 8.09. The highest BCUT2D eigenvalue weighted by atomic mass is 16.5. The normalized spacial score (nSPS) is 31.7. The average Bonchev–Trinajstić information content (AvgIpc) is 2.36. The Kier molecular flexibility index (Phi) is 2.50. The highest BCUT2D eigenvalue weighted by Crippen LogP contribution is 2.11. The fourth-order valence-corrected chi connectivity index (χ4v) is 0.922. The van der Waals surface area contributed by atoms with Gasteiger partial charge in [0.2, 0.25) is 0 Å². The van der Waals surface area contributed by atoms with Crippen LogP contribution in [0.25, 0.3) is 10.4 Å². The minimum Gasteiger partial charge on any atom is -0.379 e. The standard InChI is InChI=1S/C5H9N3O2/c1-9-5-3-10-2-4(5)7-8-6/h4-5H,2-3H2,1H3/t4-,5+/m1/s1. The maximum atomic E-state index is 8.09. The lowest BCUT2D eigenvalue weighted by Crippen LogP contribution is -2.23. The number of rotatable bonds is 2. The first-order valence-corrected chi connectivity index (χ1v) is 3.03. The lowest BCUT2D eigenvalue weighted by Gasteiger charge is -2.08. The van der Waals surface area contributed by atoms with Gasteiger partial charge in [0.25, 0.3) is 0 Å². The second-order valence-electron chi connectivity index (χ2n) is 2.08. The van der Waals surface area contributed by atoms with E-state index in [4.69, 9.17) is 15.0 Å². The maximum absolute atomic E-state index is 8.09. The van der Waals surface area contributed by atoms with E-state index in [-0.39, 0.29) is 12.1 Å². The van der Waals surface area contributed by atoms with E-state index in [2.05, 4.69) is 10.0 Å². The van der Waals surface area contributed by atoms with Gasteiger partial charge in [-0.2, -0.15) is 0 Å². The smallest absolute Gasteiger partial charge is 0.0911 e. The zero-order valence-electron chi connectivity index (χ0n) is 5.73. The molecule has 56 valence electrons. The molecule has 0 aromatic carbocycles. The van der Waals surface area contributed by atoms with Gasteiger partial charge in [0.05, 0.1) is 25.4 Å². The highest BCUT2D eigenvalue weighted by Gasteiger charge is 2.26. The third-order valence-electron chi connectivity index (χ3n) is 1.50. The van der Waals surface area contributed by atoms with Crippen molar-refractivity contribution in [1.82, 2.24) is 0 Å². The molecule has 0 N–H and O–H groups in total. The predicted molar refractivity (Wildman–Crippen MR) is 34.5 cm³/mol. The van der Waals surface area contributed by atoms with E-state index in [0.717, 1.165) is 0 Å². The van der Waals surface area contributed by atoms with Gasteiger partial charge in [-0.25, -0.2) is 0 Å². The van der Waals surface area contributed by atoms with Gasteiger partial charge in [0.15, 0.2) is 0 Å². The van der Waals surface area contributed by atoms with Crippen molar-refractivity contribution in [3.63, 3.8) is 0 Å². The summed E-state index contributed by atoms with van der Waals surface area (Å²) in [5.74, 6) is 0. The molecule has 0 unspecified atom stereocenters. The number of methoxy groups -OCH3 is 1. The Morgan fingerprint density at radius 2 is 2.50 bits per heavy atom. The summed E-state index contributed by atoms with van der Waals surface area (Å²) in [6, 6.07) is -0.144. The van der Waals surface area contributed by atoms with Crippen LogP contribution in [0.1, 0.15) is 0 Å². The van der Waals surface area contributed by atoms with Crippen molar-refractivity contribution in [2.24, 2.45) is 5.11 Å². The van der Waals surface area contributed by atoms with Gasteiger partial charge in [-0.05, 0) is 5.53 Å². The molecule has 1 saturated heterocycles. The molecule has 0 radical (unpaired) electrons. The highest BCUT2D eigenvalue weighted by molar-refractivity contribution is 4.81. The molecular formula is C5H9N3O2. The molecule has 5 nitrogen and oxygen atoms in total. The number of hydrogen-bond acceptors (Lipinski definition) is 3. The van der Waals surface area contributed by atoms with E-state index in [9.17, 15) is 0 Å². The SMILES string of the molecule is CO[C@H]1COC[C@H]1N=[N+]=[N-]. The molecule has 1 fully saturated rings. The zero-order valence-corrected chi connectivity index (χ0v) is 5.73. The zero-order chi connectivity index (χ0) is 7.40. The molecule has 10 heavy (non-hydrogen) atoms. The second kappa shape index (κ2) is 3.41. The quantitative estimate of drug-likeness (QED) is 0.324. The fraction of sp³-hybridized carbons (Fsp3) is 1.00. The summed E-state index contributed by atoms with van der Waals surface area (Å²) >= 11 is 0. The second-order valence-corrected chi connectivity index (χ2v) is 2.08. The third kappa shape index (κ3) is 1.39. The van der Waals surface area contributed by atoms with Gasteiger partial charge in [-0.3, -0.25) is 0 Å². The third-order valence-corrected chi connectivity index (χ3v) is 1.50. The van der Waals surface area contributed by atoms with Crippen molar-refractivity contribution in [2.45, 2.75) is 12.1 Å². The molecular weight excluding hydrogens is 134 g/mol. The summed E-state index contributed by atoms with van der Waals surface area (Å²) < 4.78 is 10.0. The average molecular weight is 143 g/mol. The summed E-state index contributed by atoms with van der Waals surface area (Å²) in [6.45, 7) is 1.00. The van der Waals surface area contributed by atoms with Crippen molar-refractivity contribution in [2.75, 3.05) is 20.3 Å². The van der Waals surface area contributed by atoms with Crippen LogP contribution in [0, 0.1) is 0 Å². The van der Waals surface area contributed by atoms with Crippen molar-refractivity contribution in [3.05, 3.63) is 10.4 Å². The van der Waals surface area contributed by atoms with Crippen LogP contribution in [-0.2, 0) is 9.47 Å². The minimum absolute atomic E-state index is 0.0594. The lowest BCUT2D eigenvalue weighted by molar-refractivity contribution is 0.0778. The first-order chi connectivity index (χ1) is 4.88. The van der Waals surface area contributed by atoms with Crippen LogP contribution in [0.15, 0.2) is 5.11 Å². The van der Waals surface area contributed by atoms with Crippen LogP contribution in [0.4, 0.5) is 0 Å². The molecule has 0 aliphatic carbocycles. The Hall–Kier alpha value is -0.770. The molecule has 0 aromatic heterocycles. The van der Waals surface area contributed by atoms with E-state index in [1.165, 1.54) is 0 Å². The number of azide groups is 1. The molecule has 0 amide bonds. The summed E-state index contributed by atoms with van der Waals surface area (Å²) in [7, 11) is 1.58. The summed E-state index contributed by atoms with van der Waals surface area (Å²) in [4.78, 5) is 2.68.